The second-order valence-corrected chi connectivity index (χ2v) is 6.66. The zero-order chi connectivity index (χ0) is 15.1. The maximum absolute atomic E-state index is 10.6. The predicted octanol–water partition coefficient (Wildman–Crippen LogP) is 5.63. The van der Waals surface area contributed by atoms with Crippen LogP contribution in [-0.2, 0) is 4.79 Å². The van der Waals surface area contributed by atoms with Gasteiger partial charge in [0.15, 0.2) is 0 Å². The van der Waals surface area contributed by atoms with Crippen molar-refractivity contribution in [3.05, 3.63) is 34.4 Å². The summed E-state index contributed by atoms with van der Waals surface area (Å²) < 4.78 is 0. The summed E-state index contributed by atoms with van der Waals surface area (Å²) in [5.74, 6) is 1.38. The molecule has 0 aromatic carbocycles. The van der Waals surface area contributed by atoms with Crippen LogP contribution in [-0.4, -0.2) is 6.29 Å². The highest BCUT2D eigenvalue weighted by molar-refractivity contribution is 5.67. The van der Waals surface area contributed by atoms with Gasteiger partial charge in [-0.1, -0.05) is 39.3 Å². The molecule has 0 spiro atoms. The summed E-state index contributed by atoms with van der Waals surface area (Å²) in [5.41, 5.74) is 5.76. The van der Waals surface area contributed by atoms with Crippen LogP contribution >= 0.6 is 0 Å². The summed E-state index contributed by atoms with van der Waals surface area (Å²) in [6.07, 6.45) is 10.9. The topological polar surface area (TPSA) is 17.1 Å². The smallest absolute Gasteiger partial charge is 0.143 e. The lowest BCUT2D eigenvalue weighted by atomic mass is 9.79. The number of rotatable bonds is 6. The molecule has 20 heavy (non-hydrogen) atoms. The van der Waals surface area contributed by atoms with E-state index in [1.54, 1.807) is 17.2 Å². The minimum absolute atomic E-state index is 0.635. The van der Waals surface area contributed by atoms with Gasteiger partial charge in [-0.15, -0.1) is 0 Å². The fourth-order valence-electron chi connectivity index (χ4n) is 2.96. The fourth-order valence-corrected chi connectivity index (χ4v) is 2.96. The first-order valence-electron chi connectivity index (χ1n) is 8.00. The Kier molecular flexibility index (Phi) is 6.98. The minimum atomic E-state index is 0.635. The van der Waals surface area contributed by atoms with Gasteiger partial charge in [0.05, 0.1) is 0 Å². The molecule has 0 bridgehead atoms. The van der Waals surface area contributed by atoms with Crippen LogP contribution in [0.4, 0.5) is 0 Å². The lowest BCUT2D eigenvalue weighted by Gasteiger charge is -2.27. The van der Waals surface area contributed by atoms with Crippen molar-refractivity contribution in [2.45, 2.75) is 66.7 Å². The number of allylic oxidation sites excluding steroid dienone is 6. The van der Waals surface area contributed by atoms with Gasteiger partial charge in [-0.3, -0.25) is 4.79 Å². The van der Waals surface area contributed by atoms with Crippen LogP contribution in [0.1, 0.15) is 66.7 Å². The van der Waals surface area contributed by atoms with E-state index in [1.165, 1.54) is 31.3 Å². The summed E-state index contributed by atoms with van der Waals surface area (Å²) in [6, 6.07) is 0. The van der Waals surface area contributed by atoms with Crippen LogP contribution in [0.5, 0.6) is 0 Å². The molecule has 0 amide bonds. The molecule has 1 heteroatoms. The first kappa shape index (κ1) is 16.9. The molecule has 0 saturated heterocycles. The minimum Gasteiger partial charge on any atom is -0.299 e. The van der Waals surface area contributed by atoms with Gasteiger partial charge in [0.1, 0.15) is 6.29 Å². The van der Waals surface area contributed by atoms with E-state index in [0.29, 0.717) is 5.92 Å². The van der Waals surface area contributed by atoms with Gasteiger partial charge in [-0.05, 0) is 73.7 Å². The Bertz CT molecular complexity index is 419. The van der Waals surface area contributed by atoms with Gasteiger partial charge in [0.2, 0.25) is 0 Å². The third-order valence-corrected chi connectivity index (χ3v) is 4.07. The Hall–Kier alpha value is -1.11. The standard InChI is InChI=1S/C19H30O/c1-14(2)9-10-19-17(13-16(5)11-12-20)7-6-8-18(19)15(3)4/h11-15H,6-10H2,1-5H3/b16-11+,17-13+. The number of hydrogen-bond donors (Lipinski definition) is 0. The third-order valence-electron chi connectivity index (χ3n) is 4.07. The van der Waals surface area contributed by atoms with E-state index in [1.807, 2.05) is 6.92 Å². The van der Waals surface area contributed by atoms with Crippen LogP contribution < -0.4 is 0 Å². The zero-order valence-corrected chi connectivity index (χ0v) is 13.8. The molecule has 112 valence electrons. The molecule has 0 fully saturated rings. The van der Waals surface area contributed by atoms with Crippen LogP contribution in [0, 0.1) is 11.8 Å². The molecule has 1 rings (SSSR count). The second-order valence-electron chi connectivity index (χ2n) is 6.66. The van der Waals surface area contributed by atoms with E-state index in [9.17, 15) is 4.79 Å². The van der Waals surface area contributed by atoms with Crippen molar-refractivity contribution < 1.29 is 4.79 Å². The fraction of sp³-hybridized carbons (Fsp3) is 0.632. The van der Waals surface area contributed by atoms with Crippen molar-refractivity contribution in [2.75, 3.05) is 0 Å². The Morgan fingerprint density at radius 2 is 1.90 bits per heavy atom. The largest absolute Gasteiger partial charge is 0.299 e. The van der Waals surface area contributed by atoms with E-state index >= 15 is 0 Å². The third kappa shape index (κ3) is 5.11. The molecule has 1 aliphatic rings. The highest BCUT2D eigenvalue weighted by Crippen LogP contribution is 2.37. The Balaban J connectivity index is 3.10. The lowest BCUT2D eigenvalue weighted by Crippen LogP contribution is -2.09. The number of aldehydes is 1. The molecular formula is C19H30O. The molecule has 0 aromatic heterocycles. The van der Waals surface area contributed by atoms with Crippen molar-refractivity contribution >= 4 is 6.29 Å². The summed E-state index contributed by atoms with van der Waals surface area (Å²) in [4.78, 5) is 10.6. The Morgan fingerprint density at radius 3 is 2.45 bits per heavy atom. The van der Waals surface area contributed by atoms with Crippen molar-refractivity contribution in [3.8, 4) is 0 Å². The van der Waals surface area contributed by atoms with Crippen LogP contribution in [0.2, 0.25) is 0 Å². The zero-order valence-electron chi connectivity index (χ0n) is 13.8. The molecule has 1 nitrogen and oxygen atoms in total. The quantitative estimate of drug-likeness (QED) is 0.453. The van der Waals surface area contributed by atoms with Gasteiger partial charge in [0.25, 0.3) is 0 Å². The molecular weight excluding hydrogens is 244 g/mol. The van der Waals surface area contributed by atoms with E-state index < -0.39 is 0 Å². The number of carbonyl (C=O) groups excluding carboxylic acids is 1. The van der Waals surface area contributed by atoms with Crippen LogP contribution in [0.25, 0.3) is 0 Å². The van der Waals surface area contributed by atoms with Gasteiger partial charge in [0, 0.05) is 0 Å². The van der Waals surface area contributed by atoms with Crippen LogP contribution in [0.15, 0.2) is 34.4 Å². The maximum atomic E-state index is 10.6. The molecule has 0 aromatic rings. The molecule has 0 aliphatic heterocycles. The maximum Gasteiger partial charge on any atom is 0.143 e. The predicted molar refractivity (Wildman–Crippen MR) is 87.7 cm³/mol. The molecule has 0 unspecified atom stereocenters. The van der Waals surface area contributed by atoms with Gasteiger partial charge in [-0.25, -0.2) is 0 Å². The van der Waals surface area contributed by atoms with Crippen molar-refractivity contribution in [1.29, 1.82) is 0 Å². The molecule has 0 radical (unpaired) electrons. The number of carbonyl (C=O) groups is 1. The normalized spacial score (nSPS) is 19.4. The van der Waals surface area contributed by atoms with E-state index in [2.05, 4.69) is 33.8 Å². The molecule has 0 atom stereocenters. The highest BCUT2D eigenvalue weighted by atomic mass is 16.1. The summed E-state index contributed by atoms with van der Waals surface area (Å²) in [5, 5.41) is 0. The van der Waals surface area contributed by atoms with E-state index in [4.69, 9.17) is 0 Å². The first-order valence-corrected chi connectivity index (χ1v) is 8.00. The van der Waals surface area contributed by atoms with Gasteiger partial charge < -0.3 is 0 Å². The van der Waals surface area contributed by atoms with E-state index in [-0.39, 0.29) is 0 Å². The summed E-state index contributed by atoms with van der Waals surface area (Å²) in [7, 11) is 0. The van der Waals surface area contributed by atoms with Crippen molar-refractivity contribution in [1.82, 2.24) is 0 Å². The SMILES string of the molecule is CC(=C\C=O)/C=C1\CCCC(C(C)C)=C1CCC(C)C. The molecule has 1 aliphatic carbocycles. The summed E-state index contributed by atoms with van der Waals surface area (Å²) >= 11 is 0. The second kappa shape index (κ2) is 8.24. The van der Waals surface area contributed by atoms with Crippen LogP contribution in [0.3, 0.4) is 0 Å². The number of hydrogen-bond acceptors (Lipinski definition) is 1. The highest BCUT2D eigenvalue weighted by Gasteiger charge is 2.19. The Morgan fingerprint density at radius 1 is 1.20 bits per heavy atom. The lowest BCUT2D eigenvalue weighted by molar-refractivity contribution is -0.104. The first-order chi connectivity index (χ1) is 9.45. The van der Waals surface area contributed by atoms with Gasteiger partial charge >= 0.3 is 0 Å². The average molecular weight is 274 g/mol. The van der Waals surface area contributed by atoms with E-state index in [0.717, 1.165) is 24.2 Å². The molecule has 0 N–H and O–H groups in total. The Labute approximate surface area is 124 Å². The van der Waals surface area contributed by atoms with Crippen molar-refractivity contribution in [2.24, 2.45) is 11.8 Å². The monoisotopic (exact) mass is 274 g/mol. The van der Waals surface area contributed by atoms with Gasteiger partial charge in [-0.2, -0.15) is 0 Å². The average Bonchev–Trinajstić information content (AvgIpc) is 2.36. The molecule has 0 heterocycles. The molecule has 0 saturated carbocycles. The van der Waals surface area contributed by atoms with Crippen molar-refractivity contribution in [3.63, 3.8) is 0 Å². The summed E-state index contributed by atoms with van der Waals surface area (Å²) in [6.45, 7) is 11.2.